The standard InChI is InChI=1S/C14H18BrNOS/c15-11-8-5-9-12(13(11)14(16)18)17-10-6-3-1-2-4-7-10/h5,8-10H,1-4,6-7H2,(H2,16,18). The van der Waals surface area contributed by atoms with E-state index in [-0.39, 0.29) is 0 Å². The van der Waals surface area contributed by atoms with Gasteiger partial charge in [-0.1, -0.05) is 31.1 Å². The summed E-state index contributed by atoms with van der Waals surface area (Å²) >= 11 is 8.58. The molecule has 4 heteroatoms. The van der Waals surface area contributed by atoms with Crippen molar-refractivity contribution in [3.8, 4) is 5.75 Å². The van der Waals surface area contributed by atoms with Crippen molar-refractivity contribution in [2.45, 2.75) is 44.6 Å². The highest BCUT2D eigenvalue weighted by Crippen LogP contribution is 2.30. The van der Waals surface area contributed by atoms with Gasteiger partial charge in [0.05, 0.1) is 11.7 Å². The largest absolute Gasteiger partial charge is 0.490 e. The van der Waals surface area contributed by atoms with E-state index in [1.165, 1.54) is 25.7 Å². The summed E-state index contributed by atoms with van der Waals surface area (Å²) in [5, 5.41) is 0. The lowest BCUT2D eigenvalue weighted by Gasteiger charge is -2.19. The van der Waals surface area contributed by atoms with Crippen LogP contribution in [0.2, 0.25) is 0 Å². The monoisotopic (exact) mass is 327 g/mol. The molecule has 0 aliphatic heterocycles. The van der Waals surface area contributed by atoms with Crippen molar-refractivity contribution in [3.05, 3.63) is 28.2 Å². The van der Waals surface area contributed by atoms with Crippen LogP contribution in [0.1, 0.15) is 44.1 Å². The van der Waals surface area contributed by atoms with Crippen LogP contribution in [0.15, 0.2) is 22.7 Å². The first kappa shape index (κ1) is 13.8. The highest BCUT2D eigenvalue weighted by molar-refractivity contribution is 9.10. The van der Waals surface area contributed by atoms with Crippen molar-refractivity contribution in [2.75, 3.05) is 0 Å². The number of ether oxygens (including phenoxy) is 1. The highest BCUT2D eigenvalue weighted by atomic mass is 79.9. The first-order valence-electron chi connectivity index (χ1n) is 6.43. The fourth-order valence-electron chi connectivity index (χ4n) is 2.38. The van der Waals surface area contributed by atoms with Gasteiger partial charge in [0.1, 0.15) is 10.7 Å². The Morgan fingerprint density at radius 1 is 1.22 bits per heavy atom. The van der Waals surface area contributed by atoms with Crippen molar-refractivity contribution < 1.29 is 4.74 Å². The lowest BCUT2D eigenvalue weighted by Crippen LogP contribution is -2.19. The summed E-state index contributed by atoms with van der Waals surface area (Å²) in [7, 11) is 0. The fourth-order valence-corrected chi connectivity index (χ4v) is 3.28. The molecule has 1 aliphatic rings. The molecular weight excluding hydrogens is 310 g/mol. The molecule has 0 spiro atoms. The van der Waals surface area contributed by atoms with E-state index in [1.807, 2.05) is 18.2 Å². The Balaban J connectivity index is 2.17. The topological polar surface area (TPSA) is 35.2 Å². The Labute approximate surface area is 122 Å². The Bertz CT molecular complexity index is 428. The number of hydrogen-bond donors (Lipinski definition) is 1. The molecule has 98 valence electrons. The molecule has 1 aromatic rings. The summed E-state index contributed by atoms with van der Waals surface area (Å²) in [6.07, 6.45) is 7.70. The van der Waals surface area contributed by atoms with Gasteiger partial charge in [-0.3, -0.25) is 0 Å². The molecule has 0 heterocycles. The maximum absolute atomic E-state index is 6.11. The van der Waals surface area contributed by atoms with Crippen LogP contribution in [-0.4, -0.2) is 11.1 Å². The van der Waals surface area contributed by atoms with Crippen molar-refractivity contribution >= 4 is 33.1 Å². The van der Waals surface area contributed by atoms with Crippen LogP contribution in [0.4, 0.5) is 0 Å². The summed E-state index contributed by atoms with van der Waals surface area (Å²) in [5.41, 5.74) is 6.59. The second-order valence-corrected chi connectivity index (χ2v) is 6.00. The Morgan fingerprint density at radius 3 is 2.50 bits per heavy atom. The minimum Gasteiger partial charge on any atom is -0.490 e. The van der Waals surface area contributed by atoms with Crippen LogP contribution in [0.25, 0.3) is 0 Å². The predicted molar refractivity (Wildman–Crippen MR) is 82.1 cm³/mol. The Kier molecular flexibility index (Phi) is 5.01. The van der Waals surface area contributed by atoms with Gasteiger partial charge in [-0.15, -0.1) is 0 Å². The molecule has 0 atom stereocenters. The van der Waals surface area contributed by atoms with E-state index in [4.69, 9.17) is 22.7 Å². The molecule has 0 saturated heterocycles. The fraction of sp³-hybridized carbons (Fsp3) is 0.500. The first-order valence-corrected chi connectivity index (χ1v) is 7.63. The van der Waals surface area contributed by atoms with Crippen LogP contribution in [0.3, 0.4) is 0 Å². The Hall–Kier alpha value is -0.610. The summed E-state index contributed by atoms with van der Waals surface area (Å²) in [6.45, 7) is 0. The highest BCUT2D eigenvalue weighted by Gasteiger charge is 2.17. The zero-order valence-corrected chi connectivity index (χ0v) is 12.7. The van der Waals surface area contributed by atoms with Gasteiger partial charge >= 0.3 is 0 Å². The number of hydrogen-bond acceptors (Lipinski definition) is 2. The van der Waals surface area contributed by atoms with Crippen molar-refractivity contribution in [1.82, 2.24) is 0 Å². The maximum Gasteiger partial charge on any atom is 0.131 e. The third-order valence-electron chi connectivity index (χ3n) is 3.32. The normalized spacial score (nSPS) is 17.2. The lowest BCUT2D eigenvalue weighted by molar-refractivity contribution is 0.183. The van der Waals surface area contributed by atoms with E-state index < -0.39 is 0 Å². The summed E-state index contributed by atoms with van der Waals surface area (Å²) < 4.78 is 7.01. The zero-order valence-electron chi connectivity index (χ0n) is 10.3. The molecule has 1 saturated carbocycles. The summed E-state index contributed by atoms with van der Waals surface area (Å²) in [6, 6.07) is 5.84. The molecule has 1 fully saturated rings. The number of thiocarbonyl (C=S) groups is 1. The second-order valence-electron chi connectivity index (χ2n) is 4.71. The molecule has 1 aromatic carbocycles. The molecule has 2 rings (SSSR count). The van der Waals surface area contributed by atoms with Gasteiger partial charge in [-0.25, -0.2) is 0 Å². The lowest BCUT2D eigenvalue weighted by atomic mass is 10.1. The molecular formula is C14H18BrNOS. The molecule has 2 nitrogen and oxygen atoms in total. The van der Waals surface area contributed by atoms with Crippen LogP contribution in [0, 0.1) is 0 Å². The molecule has 18 heavy (non-hydrogen) atoms. The van der Waals surface area contributed by atoms with E-state index in [0.717, 1.165) is 28.6 Å². The van der Waals surface area contributed by atoms with Crippen molar-refractivity contribution in [1.29, 1.82) is 0 Å². The van der Waals surface area contributed by atoms with Gasteiger partial charge in [-0.05, 0) is 53.7 Å². The Morgan fingerprint density at radius 2 is 1.89 bits per heavy atom. The molecule has 0 aromatic heterocycles. The molecule has 0 amide bonds. The van der Waals surface area contributed by atoms with Crippen LogP contribution >= 0.6 is 28.1 Å². The molecule has 0 radical (unpaired) electrons. The van der Waals surface area contributed by atoms with Crippen LogP contribution in [0.5, 0.6) is 5.75 Å². The zero-order chi connectivity index (χ0) is 13.0. The van der Waals surface area contributed by atoms with Gasteiger partial charge in [0.2, 0.25) is 0 Å². The SMILES string of the molecule is NC(=S)c1c(Br)cccc1OC1CCCCCC1. The van der Waals surface area contributed by atoms with Crippen LogP contribution < -0.4 is 10.5 Å². The van der Waals surface area contributed by atoms with Gasteiger partial charge in [0.25, 0.3) is 0 Å². The third-order valence-corrected chi connectivity index (χ3v) is 4.18. The minimum absolute atomic E-state index is 0.301. The van der Waals surface area contributed by atoms with Crippen molar-refractivity contribution in [3.63, 3.8) is 0 Å². The third kappa shape index (κ3) is 3.45. The van der Waals surface area contributed by atoms with E-state index in [9.17, 15) is 0 Å². The number of halogens is 1. The van der Waals surface area contributed by atoms with Crippen LogP contribution in [-0.2, 0) is 0 Å². The van der Waals surface area contributed by atoms with E-state index in [0.29, 0.717) is 11.1 Å². The van der Waals surface area contributed by atoms with Gasteiger partial charge in [-0.2, -0.15) is 0 Å². The van der Waals surface area contributed by atoms with Gasteiger partial charge < -0.3 is 10.5 Å². The second kappa shape index (κ2) is 6.53. The molecule has 2 N–H and O–H groups in total. The smallest absolute Gasteiger partial charge is 0.131 e. The van der Waals surface area contributed by atoms with Crippen molar-refractivity contribution in [2.24, 2.45) is 5.73 Å². The number of benzene rings is 1. The van der Waals surface area contributed by atoms with Gasteiger partial charge in [0, 0.05) is 4.47 Å². The first-order chi connectivity index (χ1) is 8.68. The minimum atomic E-state index is 0.301. The molecule has 0 unspecified atom stereocenters. The van der Waals surface area contributed by atoms with E-state index >= 15 is 0 Å². The van der Waals surface area contributed by atoms with E-state index in [2.05, 4.69) is 15.9 Å². The number of rotatable bonds is 3. The summed E-state index contributed by atoms with van der Waals surface area (Å²) in [4.78, 5) is 0.381. The maximum atomic E-state index is 6.11. The van der Waals surface area contributed by atoms with E-state index in [1.54, 1.807) is 0 Å². The molecule has 1 aliphatic carbocycles. The quantitative estimate of drug-likeness (QED) is 0.668. The summed E-state index contributed by atoms with van der Waals surface area (Å²) in [5.74, 6) is 0.809. The number of nitrogens with two attached hydrogens (primary N) is 1. The average molecular weight is 328 g/mol. The van der Waals surface area contributed by atoms with Gasteiger partial charge in [0.15, 0.2) is 0 Å². The predicted octanol–water partition coefficient (Wildman–Crippen LogP) is 4.18. The molecule has 0 bridgehead atoms. The average Bonchev–Trinajstić information content (AvgIpc) is 2.57.